The Bertz CT molecular complexity index is 661. The molecular formula is C18H24N2O5. The van der Waals surface area contributed by atoms with Crippen LogP contribution in [0.15, 0.2) is 18.2 Å². The normalized spacial score (nSPS) is 20.7. The van der Waals surface area contributed by atoms with Crippen molar-refractivity contribution < 1.29 is 24.2 Å². The SMILES string of the molecule is CC(C)[C@@H](CO)NC(=O)[C@@H]1CC(=O)N(c2ccc3c(c2)OCCO3)C1. The molecule has 2 N–H and O–H groups in total. The summed E-state index contributed by atoms with van der Waals surface area (Å²) in [5, 5.41) is 12.2. The first-order valence-corrected chi connectivity index (χ1v) is 8.61. The van der Waals surface area contributed by atoms with E-state index in [0.717, 1.165) is 0 Å². The van der Waals surface area contributed by atoms with Gasteiger partial charge in [-0.05, 0) is 18.1 Å². The third kappa shape index (κ3) is 3.71. The zero-order chi connectivity index (χ0) is 18.0. The number of aliphatic hydroxyl groups excluding tert-OH is 1. The number of nitrogens with zero attached hydrogens (tertiary/aromatic N) is 1. The van der Waals surface area contributed by atoms with Crippen LogP contribution in [0.3, 0.4) is 0 Å². The molecular weight excluding hydrogens is 324 g/mol. The molecule has 2 aliphatic heterocycles. The minimum Gasteiger partial charge on any atom is -0.486 e. The van der Waals surface area contributed by atoms with Gasteiger partial charge in [0.1, 0.15) is 13.2 Å². The van der Waals surface area contributed by atoms with Crippen LogP contribution in [0.4, 0.5) is 5.69 Å². The van der Waals surface area contributed by atoms with E-state index in [1.807, 2.05) is 13.8 Å². The van der Waals surface area contributed by atoms with Crippen molar-refractivity contribution in [3.8, 4) is 11.5 Å². The van der Waals surface area contributed by atoms with Gasteiger partial charge in [-0.1, -0.05) is 13.8 Å². The van der Waals surface area contributed by atoms with Crippen LogP contribution in [0.25, 0.3) is 0 Å². The molecule has 0 aromatic heterocycles. The minimum atomic E-state index is -0.423. The van der Waals surface area contributed by atoms with E-state index in [1.165, 1.54) is 0 Å². The summed E-state index contributed by atoms with van der Waals surface area (Å²) >= 11 is 0. The zero-order valence-electron chi connectivity index (χ0n) is 14.5. The van der Waals surface area contributed by atoms with E-state index >= 15 is 0 Å². The van der Waals surface area contributed by atoms with Gasteiger partial charge in [0.15, 0.2) is 11.5 Å². The van der Waals surface area contributed by atoms with Crippen LogP contribution in [0.1, 0.15) is 20.3 Å². The topological polar surface area (TPSA) is 88.1 Å². The van der Waals surface area contributed by atoms with Crippen LogP contribution in [-0.2, 0) is 9.59 Å². The van der Waals surface area contributed by atoms with Crippen molar-refractivity contribution >= 4 is 17.5 Å². The van der Waals surface area contributed by atoms with Gasteiger partial charge < -0.3 is 24.8 Å². The van der Waals surface area contributed by atoms with Gasteiger partial charge in [0, 0.05) is 24.7 Å². The summed E-state index contributed by atoms with van der Waals surface area (Å²) in [5.74, 6) is 0.694. The zero-order valence-corrected chi connectivity index (χ0v) is 14.5. The molecule has 0 spiro atoms. The molecule has 0 radical (unpaired) electrons. The van der Waals surface area contributed by atoms with Gasteiger partial charge in [-0.3, -0.25) is 9.59 Å². The quantitative estimate of drug-likeness (QED) is 0.827. The average Bonchev–Trinajstić information content (AvgIpc) is 3.00. The van der Waals surface area contributed by atoms with Gasteiger partial charge in [-0.25, -0.2) is 0 Å². The lowest BCUT2D eigenvalue weighted by Crippen LogP contribution is -2.44. The first kappa shape index (κ1) is 17.5. The first-order chi connectivity index (χ1) is 12.0. The molecule has 0 unspecified atom stereocenters. The molecule has 3 rings (SSSR count). The van der Waals surface area contributed by atoms with E-state index in [1.54, 1.807) is 23.1 Å². The van der Waals surface area contributed by atoms with Crippen LogP contribution >= 0.6 is 0 Å². The molecule has 0 saturated carbocycles. The Labute approximate surface area is 146 Å². The number of anilines is 1. The van der Waals surface area contributed by atoms with Gasteiger partial charge in [-0.2, -0.15) is 0 Å². The molecule has 25 heavy (non-hydrogen) atoms. The van der Waals surface area contributed by atoms with E-state index in [-0.39, 0.29) is 36.8 Å². The van der Waals surface area contributed by atoms with E-state index < -0.39 is 5.92 Å². The lowest BCUT2D eigenvalue weighted by atomic mass is 10.0. The Hall–Kier alpha value is -2.28. The summed E-state index contributed by atoms with van der Waals surface area (Å²) in [6, 6.07) is 5.06. The maximum Gasteiger partial charge on any atom is 0.227 e. The fourth-order valence-corrected chi connectivity index (χ4v) is 3.06. The molecule has 7 nitrogen and oxygen atoms in total. The third-order valence-electron chi connectivity index (χ3n) is 4.66. The Kier molecular flexibility index (Phi) is 5.13. The number of nitrogens with one attached hydrogen (secondary N) is 1. The maximum absolute atomic E-state index is 12.4. The third-order valence-corrected chi connectivity index (χ3v) is 4.66. The van der Waals surface area contributed by atoms with Gasteiger partial charge in [0.25, 0.3) is 0 Å². The molecule has 1 fully saturated rings. The molecule has 1 aromatic carbocycles. The number of hydrogen-bond donors (Lipinski definition) is 2. The Morgan fingerprint density at radius 1 is 1.32 bits per heavy atom. The monoisotopic (exact) mass is 348 g/mol. The molecule has 7 heteroatoms. The minimum absolute atomic E-state index is 0.0954. The number of rotatable bonds is 5. The Morgan fingerprint density at radius 2 is 2.04 bits per heavy atom. The molecule has 2 aliphatic rings. The van der Waals surface area contributed by atoms with Gasteiger partial charge >= 0.3 is 0 Å². The van der Waals surface area contributed by atoms with Crippen molar-refractivity contribution in [1.82, 2.24) is 5.32 Å². The summed E-state index contributed by atoms with van der Waals surface area (Å²) in [6.07, 6.45) is 0.163. The fourth-order valence-electron chi connectivity index (χ4n) is 3.06. The summed E-state index contributed by atoms with van der Waals surface area (Å²) in [4.78, 5) is 26.4. The predicted octanol–water partition coefficient (Wildman–Crippen LogP) is 0.944. The number of amides is 2. The van der Waals surface area contributed by atoms with E-state index in [0.29, 0.717) is 36.9 Å². The summed E-state index contributed by atoms with van der Waals surface area (Å²) in [6.45, 7) is 5.06. The van der Waals surface area contributed by atoms with Crippen molar-refractivity contribution in [2.45, 2.75) is 26.3 Å². The molecule has 1 saturated heterocycles. The van der Waals surface area contributed by atoms with E-state index in [2.05, 4.69) is 5.32 Å². The predicted molar refractivity (Wildman–Crippen MR) is 91.7 cm³/mol. The fraction of sp³-hybridized carbons (Fsp3) is 0.556. The van der Waals surface area contributed by atoms with Crippen LogP contribution in [0, 0.1) is 11.8 Å². The summed E-state index contributed by atoms with van der Waals surface area (Å²) in [7, 11) is 0. The smallest absolute Gasteiger partial charge is 0.227 e. The number of carbonyl (C=O) groups excluding carboxylic acids is 2. The van der Waals surface area contributed by atoms with Crippen molar-refractivity contribution in [2.24, 2.45) is 11.8 Å². The van der Waals surface area contributed by atoms with Gasteiger partial charge in [-0.15, -0.1) is 0 Å². The second-order valence-corrected chi connectivity index (χ2v) is 6.78. The molecule has 136 valence electrons. The van der Waals surface area contributed by atoms with E-state index in [4.69, 9.17) is 9.47 Å². The van der Waals surface area contributed by atoms with Gasteiger partial charge in [0.2, 0.25) is 11.8 Å². The highest BCUT2D eigenvalue weighted by Gasteiger charge is 2.36. The second kappa shape index (κ2) is 7.31. The van der Waals surface area contributed by atoms with Crippen molar-refractivity contribution in [3.63, 3.8) is 0 Å². The highest BCUT2D eigenvalue weighted by atomic mass is 16.6. The summed E-state index contributed by atoms with van der Waals surface area (Å²) in [5.41, 5.74) is 0.701. The van der Waals surface area contributed by atoms with Crippen LogP contribution in [0.5, 0.6) is 11.5 Å². The van der Waals surface area contributed by atoms with Crippen LogP contribution < -0.4 is 19.7 Å². The van der Waals surface area contributed by atoms with Crippen LogP contribution in [0.2, 0.25) is 0 Å². The lowest BCUT2D eigenvalue weighted by Gasteiger charge is -2.23. The Balaban J connectivity index is 1.69. The van der Waals surface area contributed by atoms with Crippen molar-refractivity contribution in [1.29, 1.82) is 0 Å². The number of ether oxygens (including phenoxy) is 2. The Morgan fingerprint density at radius 3 is 2.72 bits per heavy atom. The second-order valence-electron chi connectivity index (χ2n) is 6.78. The molecule has 1 aromatic rings. The number of carbonyl (C=O) groups is 2. The molecule has 0 aliphatic carbocycles. The number of benzene rings is 1. The molecule has 2 heterocycles. The standard InChI is InChI=1S/C18H24N2O5/c1-11(2)14(10-21)19-18(23)12-7-17(22)20(9-12)13-3-4-15-16(8-13)25-6-5-24-15/h3-4,8,11-12,14,21H,5-7,9-10H2,1-2H3,(H,19,23)/t12-,14-/m1/s1. The highest BCUT2D eigenvalue weighted by molar-refractivity contribution is 6.00. The first-order valence-electron chi connectivity index (χ1n) is 8.61. The van der Waals surface area contributed by atoms with Crippen LogP contribution in [-0.4, -0.2) is 49.3 Å². The highest BCUT2D eigenvalue weighted by Crippen LogP contribution is 2.36. The lowest BCUT2D eigenvalue weighted by molar-refractivity contribution is -0.127. The largest absolute Gasteiger partial charge is 0.486 e. The number of hydrogen-bond acceptors (Lipinski definition) is 5. The maximum atomic E-state index is 12.4. The van der Waals surface area contributed by atoms with Gasteiger partial charge in [0.05, 0.1) is 18.6 Å². The van der Waals surface area contributed by atoms with E-state index in [9.17, 15) is 14.7 Å². The average molecular weight is 348 g/mol. The number of fused-ring (bicyclic) bond motifs is 1. The molecule has 0 bridgehead atoms. The van der Waals surface area contributed by atoms with Crippen molar-refractivity contribution in [3.05, 3.63) is 18.2 Å². The van der Waals surface area contributed by atoms with Crippen molar-refractivity contribution in [2.75, 3.05) is 31.3 Å². The molecule has 2 atom stereocenters. The molecule has 2 amide bonds. The number of aliphatic hydroxyl groups is 1. The summed E-state index contributed by atoms with van der Waals surface area (Å²) < 4.78 is 11.0.